The highest BCUT2D eigenvalue weighted by molar-refractivity contribution is 9.10. The summed E-state index contributed by atoms with van der Waals surface area (Å²) in [7, 11) is -4.05. The molecule has 2 N–H and O–H groups in total. The first kappa shape index (κ1) is 18.5. The van der Waals surface area contributed by atoms with Crippen molar-refractivity contribution < 1.29 is 26.0 Å². The van der Waals surface area contributed by atoms with E-state index in [1.807, 2.05) is 18.6 Å². The summed E-state index contributed by atoms with van der Waals surface area (Å²) in [4.78, 5) is -0.217. The second kappa shape index (κ2) is 7.12. The van der Waals surface area contributed by atoms with Crippen molar-refractivity contribution in [1.29, 1.82) is 0 Å². The van der Waals surface area contributed by atoms with E-state index >= 15 is 0 Å². The van der Waals surface area contributed by atoms with Gasteiger partial charge in [0.1, 0.15) is 10.7 Å². The van der Waals surface area contributed by atoms with E-state index in [4.69, 9.17) is 4.42 Å². The summed E-state index contributed by atoms with van der Waals surface area (Å²) in [6.07, 6.45) is -5.65. The molecule has 0 saturated carbocycles. The number of rotatable bonds is 7. The quantitative estimate of drug-likeness (QED) is 0.748. The minimum atomic E-state index is -4.41. The average Bonchev–Trinajstić information content (AvgIpc) is 2.66. The van der Waals surface area contributed by atoms with E-state index in [9.17, 15) is 21.6 Å². The van der Waals surface area contributed by atoms with Gasteiger partial charge in [0.15, 0.2) is 4.67 Å². The number of halogens is 4. The van der Waals surface area contributed by atoms with Gasteiger partial charge in [0.2, 0.25) is 10.0 Å². The fraction of sp³-hybridized carbons (Fsp3) is 0.636. The van der Waals surface area contributed by atoms with Crippen LogP contribution in [0.5, 0.6) is 0 Å². The van der Waals surface area contributed by atoms with Crippen LogP contribution in [0.3, 0.4) is 0 Å². The Morgan fingerprint density at radius 3 is 2.52 bits per heavy atom. The number of sulfonamides is 1. The number of hydrogen-bond donors (Lipinski definition) is 2. The predicted octanol–water partition coefficient (Wildman–Crippen LogP) is 2.77. The van der Waals surface area contributed by atoms with E-state index in [0.29, 0.717) is 12.3 Å². The third-order valence-corrected chi connectivity index (χ3v) is 4.70. The number of hydrogen-bond acceptors (Lipinski definition) is 4. The molecule has 1 aromatic heterocycles. The molecule has 21 heavy (non-hydrogen) atoms. The lowest BCUT2D eigenvalue weighted by molar-refractivity contribution is -0.132. The lowest BCUT2D eigenvalue weighted by Crippen LogP contribution is -2.28. The van der Waals surface area contributed by atoms with Crippen LogP contribution in [0, 0.1) is 0 Å². The van der Waals surface area contributed by atoms with Crippen LogP contribution in [0.2, 0.25) is 0 Å². The molecule has 1 aromatic rings. The molecule has 0 aromatic carbocycles. The molecule has 1 heterocycles. The van der Waals surface area contributed by atoms with E-state index in [1.54, 1.807) is 0 Å². The van der Waals surface area contributed by atoms with Gasteiger partial charge in [-0.25, -0.2) is 13.1 Å². The maximum Gasteiger partial charge on any atom is 0.390 e. The van der Waals surface area contributed by atoms with Crippen LogP contribution in [0.4, 0.5) is 13.2 Å². The molecule has 0 fully saturated rings. The van der Waals surface area contributed by atoms with Crippen molar-refractivity contribution in [3.8, 4) is 0 Å². The summed E-state index contributed by atoms with van der Waals surface area (Å²) in [6, 6.07) is 1.45. The highest BCUT2D eigenvalue weighted by Gasteiger charge is 2.29. The van der Waals surface area contributed by atoms with Crippen LogP contribution in [0.1, 0.15) is 26.0 Å². The third-order valence-electron chi connectivity index (χ3n) is 2.38. The van der Waals surface area contributed by atoms with E-state index in [1.165, 1.54) is 6.07 Å². The molecular formula is C11H16BrF3N2O3S. The number of furan rings is 1. The number of nitrogens with one attached hydrogen (secondary N) is 2. The van der Waals surface area contributed by atoms with Crippen LogP contribution >= 0.6 is 15.9 Å². The minimum absolute atomic E-state index is 0.0393. The lowest BCUT2D eigenvalue weighted by Gasteiger charge is -2.07. The first-order chi connectivity index (χ1) is 9.51. The summed E-state index contributed by atoms with van der Waals surface area (Å²) in [5.74, 6) is 0.367. The van der Waals surface area contributed by atoms with Gasteiger partial charge in [0.25, 0.3) is 0 Å². The van der Waals surface area contributed by atoms with Crippen molar-refractivity contribution in [3.05, 3.63) is 16.5 Å². The Morgan fingerprint density at radius 2 is 2.00 bits per heavy atom. The molecule has 0 unspecified atom stereocenters. The summed E-state index contributed by atoms with van der Waals surface area (Å²) < 4.78 is 66.9. The fourth-order valence-corrected chi connectivity index (χ4v) is 3.41. The highest BCUT2D eigenvalue weighted by Crippen LogP contribution is 2.26. The normalized spacial score (nSPS) is 13.1. The van der Waals surface area contributed by atoms with Gasteiger partial charge >= 0.3 is 6.18 Å². The summed E-state index contributed by atoms with van der Waals surface area (Å²) >= 11 is 2.96. The molecule has 0 aliphatic carbocycles. The Balaban J connectivity index is 2.74. The SMILES string of the molecule is CC(C)NCc1cc(S(=O)(=O)NCCC(F)(F)F)c(Br)o1. The van der Waals surface area contributed by atoms with Crippen LogP contribution in [0.25, 0.3) is 0 Å². The minimum Gasteiger partial charge on any atom is -0.452 e. The Morgan fingerprint density at radius 1 is 1.38 bits per heavy atom. The van der Waals surface area contributed by atoms with Crippen LogP contribution in [-0.4, -0.2) is 27.2 Å². The van der Waals surface area contributed by atoms with Crippen LogP contribution in [0.15, 0.2) is 20.0 Å². The van der Waals surface area contributed by atoms with Crippen molar-refractivity contribution in [2.75, 3.05) is 6.54 Å². The zero-order valence-electron chi connectivity index (χ0n) is 11.4. The first-order valence-electron chi connectivity index (χ1n) is 6.09. The lowest BCUT2D eigenvalue weighted by atomic mass is 10.3. The van der Waals surface area contributed by atoms with Gasteiger partial charge < -0.3 is 9.73 Å². The molecule has 10 heteroatoms. The zero-order chi connectivity index (χ0) is 16.3. The standard InChI is InChI=1S/C11H16BrF3N2O3S/c1-7(2)16-6-8-5-9(10(12)20-8)21(18,19)17-4-3-11(13,14)15/h5,7,16-17H,3-4,6H2,1-2H3. The molecule has 1 rings (SSSR count). The monoisotopic (exact) mass is 392 g/mol. The van der Waals surface area contributed by atoms with Crippen LogP contribution < -0.4 is 10.0 Å². The first-order valence-corrected chi connectivity index (χ1v) is 8.37. The largest absolute Gasteiger partial charge is 0.452 e. The molecule has 0 atom stereocenters. The van der Waals surface area contributed by atoms with Crippen molar-refractivity contribution in [1.82, 2.24) is 10.0 Å². The smallest absolute Gasteiger partial charge is 0.390 e. The van der Waals surface area contributed by atoms with Crippen molar-refractivity contribution in [3.63, 3.8) is 0 Å². The van der Waals surface area contributed by atoms with Crippen molar-refractivity contribution in [2.24, 2.45) is 0 Å². The molecule has 0 spiro atoms. The predicted molar refractivity (Wildman–Crippen MR) is 74.2 cm³/mol. The Labute approximate surface area is 129 Å². The second-order valence-electron chi connectivity index (χ2n) is 4.65. The van der Waals surface area contributed by atoms with Gasteiger partial charge in [-0.2, -0.15) is 13.2 Å². The van der Waals surface area contributed by atoms with Gasteiger partial charge in [-0.05, 0) is 15.9 Å². The highest BCUT2D eigenvalue weighted by atomic mass is 79.9. The summed E-state index contributed by atoms with van der Waals surface area (Å²) in [5, 5.41) is 3.04. The number of alkyl halides is 3. The third kappa shape index (κ3) is 6.37. The van der Waals surface area contributed by atoms with Gasteiger partial charge in [-0.3, -0.25) is 0 Å². The molecule has 0 saturated heterocycles. The van der Waals surface area contributed by atoms with Gasteiger partial charge in [0.05, 0.1) is 13.0 Å². The summed E-state index contributed by atoms with van der Waals surface area (Å²) in [6.45, 7) is 3.42. The van der Waals surface area contributed by atoms with Crippen LogP contribution in [-0.2, 0) is 16.6 Å². The molecule has 0 amide bonds. The molecule has 5 nitrogen and oxygen atoms in total. The molecule has 0 bridgehead atoms. The van der Waals surface area contributed by atoms with Crippen molar-refractivity contribution in [2.45, 2.75) is 43.9 Å². The van der Waals surface area contributed by atoms with Crippen molar-refractivity contribution >= 4 is 26.0 Å². The molecule has 0 aliphatic rings. The molecule has 0 radical (unpaired) electrons. The molecule has 122 valence electrons. The van der Waals surface area contributed by atoms with Gasteiger partial charge in [-0.1, -0.05) is 13.8 Å². The average molecular weight is 393 g/mol. The summed E-state index contributed by atoms with van der Waals surface area (Å²) in [5.41, 5.74) is 0. The van der Waals surface area contributed by atoms with E-state index in [2.05, 4.69) is 21.2 Å². The Kier molecular flexibility index (Phi) is 6.26. The topological polar surface area (TPSA) is 71.3 Å². The maximum atomic E-state index is 12.0. The zero-order valence-corrected chi connectivity index (χ0v) is 13.8. The van der Waals surface area contributed by atoms with E-state index in [0.717, 1.165) is 0 Å². The van der Waals surface area contributed by atoms with Gasteiger partial charge in [-0.15, -0.1) is 0 Å². The second-order valence-corrected chi connectivity index (χ2v) is 7.10. The Bertz CT molecular complexity index is 570. The van der Waals surface area contributed by atoms with E-state index < -0.39 is 29.2 Å². The van der Waals surface area contributed by atoms with E-state index in [-0.39, 0.29) is 15.6 Å². The maximum absolute atomic E-state index is 12.0. The Hall–Kier alpha value is -0.580. The van der Waals surface area contributed by atoms with Gasteiger partial charge in [0, 0.05) is 18.7 Å². The molecule has 0 aliphatic heterocycles. The fourth-order valence-electron chi connectivity index (χ4n) is 1.38. The molecular weight excluding hydrogens is 377 g/mol.